The van der Waals surface area contributed by atoms with E-state index < -0.39 is 10.0 Å². The Morgan fingerprint density at radius 3 is 2.41 bits per heavy atom. The van der Waals surface area contributed by atoms with Crippen LogP contribution in [0.1, 0.15) is 35.6 Å². The molecule has 1 aliphatic carbocycles. The van der Waals surface area contributed by atoms with Crippen molar-refractivity contribution in [3.8, 4) is 5.69 Å². The number of aryl methyl sites for hydroxylation is 2. The zero-order valence-corrected chi connectivity index (χ0v) is 23.7. The average Bonchev–Trinajstić information content (AvgIpc) is 3.72. The van der Waals surface area contributed by atoms with Gasteiger partial charge in [-0.05, 0) is 62.6 Å². The summed E-state index contributed by atoms with van der Waals surface area (Å²) in [5, 5.41) is 7.00. The number of piperazine rings is 1. The van der Waals surface area contributed by atoms with Crippen molar-refractivity contribution in [2.75, 3.05) is 51.7 Å². The molecule has 2 N–H and O–H groups in total. The van der Waals surface area contributed by atoms with Crippen LogP contribution >= 0.6 is 0 Å². The van der Waals surface area contributed by atoms with Crippen LogP contribution in [0.15, 0.2) is 64.4 Å². The maximum absolute atomic E-state index is 13.5. The summed E-state index contributed by atoms with van der Waals surface area (Å²) in [6.07, 6.45) is 4.61. The first-order valence-electron chi connectivity index (χ1n) is 13.7. The van der Waals surface area contributed by atoms with Crippen molar-refractivity contribution in [1.29, 1.82) is 0 Å². The standard InChI is InChI=1S/C29H38N6O3S/c1-21-6-8-22(9-7-21)26-19-27(26)31-14-4-5-23-20-35(29(36)28(32-23)34-17-15-30-16-18-34)24-10-12-25(13-11-24)39(37,38)33(2)3/h6-13,20,26-27,30-31H,4-5,14-19H2,1-3H3/t26-,27+/m0/s1. The topological polar surface area (TPSA) is 99.6 Å². The number of anilines is 1. The van der Waals surface area contributed by atoms with Gasteiger partial charge in [0.1, 0.15) is 0 Å². The summed E-state index contributed by atoms with van der Waals surface area (Å²) in [4.78, 5) is 20.6. The van der Waals surface area contributed by atoms with Crippen LogP contribution in [0.4, 0.5) is 5.82 Å². The molecule has 0 radical (unpaired) electrons. The lowest BCUT2D eigenvalue weighted by molar-refractivity contribution is 0.520. The van der Waals surface area contributed by atoms with E-state index in [0.717, 1.165) is 51.3 Å². The van der Waals surface area contributed by atoms with Crippen LogP contribution in [-0.2, 0) is 16.4 Å². The van der Waals surface area contributed by atoms with Gasteiger partial charge in [0.05, 0.1) is 10.6 Å². The van der Waals surface area contributed by atoms with Crippen LogP contribution < -0.4 is 21.1 Å². The summed E-state index contributed by atoms with van der Waals surface area (Å²) in [5.74, 6) is 1.04. The maximum atomic E-state index is 13.5. The molecule has 1 aliphatic heterocycles. The van der Waals surface area contributed by atoms with E-state index in [0.29, 0.717) is 23.5 Å². The number of benzene rings is 2. The molecule has 2 aromatic carbocycles. The summed E-state index contributed by atoms with van der Waals surface area (Å²) >= 11 is 0. The lowest BCUT2D eigenvalue weighted by Gasteiger charge is -2.28. The van der Waals surface area contributed by atoms with Crippen LogP contribution in [0.5, 0.6) is 0 Å². The highest BCUT2D eigenvalue weighted by atomic mass is 32.2. The Balaban J connectivity index is 1.31. The first kappa shape index (κ1) is 27.5. The van der Waals surface area contributed by atoms with E-state index in [2.05, 4.69) is 41.8 Å². The molecule has 1 saturated heterocycles. The third-order valence-corrected chi connectivity index (χ3v) is 9.39. The van der Waals surface area contributed by atoms with E-state index in [4.69, 9.17) is 4.98 Å². The Kier molecular flexibility index (Phi) is 8.18. The Bertz CT molecular complexity index is 1450. The van der Waals surface area contributed by atoms with Crippen molar-refractivity contribution < 1.29 is 8.42 Å². The number of rotatable bonds is 10. The predicted molar refractivity (Wildman–Crippen MR) is 154 cm³/mol. The second kappa shape index (κ2) is 11.6. The van der Waals surface area contributed by atoms with Crippen LogP contribution in [0, 0.1) is 6.92 Å². The second-order valence-electron chi connectivity index (χ2n) is 10.7. The molecule has 2 fully saturated rings. The number of hydrogen-bond acceptors (Lipinski definition) is 7. The van der Waals surface area contributed by atoms with Crippen LogP contribution in [0.3, 0.4) is 0 Å². The molecule has 1 aromatic heterocycles. The molecule has 2 aliphatic rings. The number of hydrogen-bond donors (Lipinski definition) is 2. The van der Waals surface area contributed by atoms with E-state index in [-0.39, 0.29) is 10.5 Å². The molecule has 2 heterocycles. The summed E-state index contributed by atoms with van der Waals surface area (Å²) in [6.45, 7) is 6.03. The molecular weight excluding hydrogens is 512 g/mol. The highest BCUT2D eigenvalue weighted by Gasteiger charge is 2.37. The zero-order chi connectivity index (χ0) is 27.6. The molecule has 1 saturated carbocycles. The number of sulfonamides is 1. The van der Waals surface area contributed by atoms with E-state index in [1.165, 1.54) is 35.9 Å². The van der Waals surface area contributed by atoms with Gasteiger partial charge in [-0.25, -0.2) is 17.7 Å². The minimum atomic E-state index is -3.55. The molecule has 0 unspecified atom stereocenters. The zero-order valence-electron chi connectivity index (χ0n) is 22.9. The van der Waals surface area contributed by atoms with Gasteiger partial charge in [0, 0.05) is 64.1 Å². The van der Waals surface area contributed by atoms with Gasteiger partial charge < -0.3 is 15.5 Å². The van der Waals surface area contributed by atoms with Crippen molar-refractivity contribution in [2.24, 2.45) is 0 Å². The first-order valence-corrected chi connectivity index (χ1v) is 15.1. The minimum Gasteiger partial charge on any atom is -0.349 e. The van der Waals surface area contributed by atoms with Crippen molar-refractivity contribution in [1.82, 2.24) is 24.5 Å². The SMILES string of the molecule is Cc1ccc([C@@H]2C[C@H]2NCCCc2cn(-c3ccc(S(=O)(=O)N(C)C)cc3)c(=O)c(N3CCNCC3)n2)cc1. The highest BCUT2D eigenvalue weighted by molar-refractivity contribution is 7.89. The molecule has 9 nitrogen and oxygen atoms in total. The lowest BCUT2D eigenvalue weighted by atomic mass is 10.1. The van der Waals surface area contributed by atoms with Gasteiger partial charge >= 0.3 is 0 Å². The van der Waals surface area contributed by atoms with Gasteiger partial charge in [0.15, 0.2) is 5.82 Å². The summed E-state index contributed by atoms with van der Waals surface area (Å²) in [6, 6.07) is 15.8. The molecule has 10 heteroatoms. The summed E-state index contributed by atoms with van der Waals surface area (Å²) in [7, 11) is -0.542. The predicted octanol–water partition coefficient (Wildman–Crippen LogP) is 2.28. The van der Waals surface area contributed by atoms with E-state index in [9.17, 15) is 13.2 Å². The molecule has 0 bridgehead atoms. The normalized spacial score (nSPS) is 19.4. The maximum Gasteiger partial charge on any atom is 0.298 e. The van der Waals surface area contributed by atoms with Gasteiger partial charge in [-0.3, -0.25) is 9.36 Å². The Hall–Kier alpha value is -3.05. The highest BCUT2D eigenvalue weighted by Crippen LogP contribution is 2.40. The number of nitrogens with one attached hydrogen (secondary N) is 2. The van der Waals surface area contributed by atoms with Crippen molar-refractivity contribution >= 4 is 15.8 Å². The molecule has 3 aromatic rings. The Morgan fingerprint density at radius 2 is 1.74 bits per heavy atom. The van der Waals surface area contributed by atoms with Crippen LogP contribution in [0.2, 0.25) is 0 Å². The molecule has 39 heavy (non-hydrogen) atoms. The van der Waals surface area contributed by atoms with E-state index in [1.54, 1.807) is 35.0 Å². The second-order valence-corrected chi connectivity index (χ2v) is 12.8. The minimum absolute atomic E-state index is 0.191. The molecule has 5 rings (SSSR count). The molecule has 2 atom stereocenters. The van der Waals surface area contributed by atoms with Crippen LogP contribution in [0.25, 0.3) is 5.69 Å². The molecule has 208 valence electrons. The number of nitrogens with zero attached hydrogens (tertiary/aromatic N) is 4. The van der Waals surface area contributed by atoms with Crippen molar-refractivity contribution in [3.63, 3.8) is 0 Å². The summed E-state index contributed by atoms with van der Waals surface area (Å²) < 4.78 is 27.8. The smallest absolute Gasteiger partial charge is 0.298 e. The van der Waals surface area contributed by atoms with Gasteiger partial charge in [-0.2, -0.15) is 0 Å². The lowest BCUT2D eigenvalue weighted by Crippen LogP contribution is -2.46. The monoisotopic (exact) mass is 550 g/mol. The van der Waals surface area contributed by atoms with E-state index >= 15 is 0 Å². The first-order chi connectivity index (χ1) is 18.7. The summed E-state index contributed by atoms with van der Waals surface area (Å²) in [5.41, 5.74) is 3.96. The molecule has 0 spiro atoms. The van der Waals surface area contributed by atoms with Crippen molar-refractivity contribution in [2.45, 2.75) is 43.0 Å². The fraction of sp³-hybridized carbons (Fsp3) is 0.448. The molecule has 0 amide bonds. The largest absolute Gasteiger partial charge is 0.349 e. The Morgan fingerprint density at radius 1 is 1.05 bits per heavy atom. The van der Waals surface area contributed by atoms with Gasteiger partial charge in [-0.15, -0.1) is 0 Å². The van der Waals surface area contributed by atoms with Gasteiger partial charge in [0.25, 0.3) is 5.56 Å². The Labute approximate surface area is 230 Å². The molecular formula is C29H38N6O3S. The van der Waals surface area contributed by atoms with E-state index in [1.807, 2.05) is 4.90 Å². The van der Waals surface area contributed by atoms with Gasteiger partial charge in [0.2, 0.25) is 10.0 Å². The number of aromatic nitrogens is 2. The fourth-order valence-electron chi connectivity index (χ4n) is 5.07. The quantitative estimate of drug-likeness (QED) is 0.374. The van der Waals surface area contributed by atoms with Crippen molar-refractivity contribution in [3.05, 3.63) is 81.9 Å². The van der Waals surface area contributed by atoms with Gasteiger partial charge in [-0.1, -0.05) is 29.8 Å². The third kappa shape index (κ3) is 6.24. The van der Waals surface area contributed by atoms with Crippen LogP contribution in [-0.4, -0.2) is 75.1 Å². The average molecular weight is 551 g/mol. The fourth-order valence-corrected chi connectivity index (χ4v) is 5.97. The third-order valence-electron chi connectivity index (χ3n) is 7.56.